The Balaban J connectivity index is 2.65. The van der Waals surface area contributed by atoms with Gasteiger partial charge in [-0.05, 0) is 37.1 Å². The van der Waals surface area contributed by atoms with Crippen molar-refractivity contribution in [3.63, 3.8) is 0 Å². The number of phenols is 1. The van der Waals surface area contributed by atoms with Crippen molar-refractivity contribution in [1.82, 2.24) is 0 Å². The first-order valence-electron chi connectivity index (χ1n) is 6.83. The highest BCUT2D eigenvalue weighted by Gasteiger charge is 2.42. The Morgan fingerprint density at radius 2 is 2.10 bits per heavy atom. The van der Waals surface area contributed by atoms with E-state index in [-0.39, 0.29) is 17.7 Å². The zero-order valence-electron chi connectivity index (χ0n) is 11.7. The average Bonchev–Trinajstić information content (AvgIpc) is 2.40. The molecule has 1 aromatic rings. The molecular weight excluding hydrogens is 285 g/mol. The minimum atomic E-state index is -4.60. The second kappa shape index (κ2) is 7.90. The molecule has 0 heterocycles. The second-order valence-electron chi connectivity index (χ2n) is 4.75. The van der Waals surface area contributed by atoms with Gasteiger partial charge in [-0.15, -0.1) is 0 Å². The maximum absolute atomic E-state index is 12.8. The van der Waals surface area contributed by atoms with Crippen molar-refractivity contribution in [2.45, 2.75) is 51.3 Å². The highest BCUT2D eigenvalue weighted by atomic mass is 19.4. The number of rotatable bonds is 7. The summed E-state index contributed by atoms with van der Waals surface area (Å²) in [6.45, 7) is 1.96. The van der Waals surface area contributed by atoms with Crippen LogP contribution in [0.25, 0.3) is 0 Å². The minimum Gasteiger partial charge on any atom is -0.508 e. The van der Waals surface area contributed by atoms with Crippen LogP contribution >= 0.6 is 0 Å². The Bertz CT molecular complexity index is 458. The molecule has 1 aromatic carbocycles. The van der Waals surface area contributed by atoms with Crippen molar-refractivity contribution in [3.8, 4) is 5.75 Å². The molecule has 0 spiro atoms. The summed E-state index contributed by atoms with van der Waals surface area (Å²) in [4.78, 5) is 11.7. The van der Waals surface area contributed by atoms with Gasteiger partial charge in [0.25, 0.3) is 0 Å². The molecule has 1 N–H and O–H groups in total. The van der Waals surface area contributed by atoms with Crippen LogP contribution in [-0.4, -0.2) is 23.4 Å². The van der Waals surface area contributed by atoms with E-state index in [2.05, 4.69) is 10.8 Å². The molecule has 0 saturated heterocycles. The van der Waals surface area contributed by atoms with Crippen LogP contribution in [0.2, 0.25) is 0 Å². The van der Waals surface area contributed by atoms with Crippen LogP contribution in [0.4, 0.5) is 13.2 Å². The second-order valence-corrected chi connectivity index (χ2v) is 4.75. The molecule has 3 nitrogen and oxygen atoms in total. The highest BCUT2D eigenvalue weighted by molar-refractivity contribution is 5.89. The van der Waals surface area contributed by atoms with Gasteiger partial charge in [0.1, 0.15) is 5.75 Å². The van der Waals surface area contributed by atoms with Crippen LogP contribution in [0.15, 0.2) is 18.2 Å². The molecule has 0 aliphatic heterocycles. The fourth-order valence-electron chi connectivity index (χ4n) is 1.81. The molecule has 1 rings (SSSR count). The third-order valence-electron chi connectivity index (χ3n) is 2.94. The van der Waals surface area contributed by atoms with Crippen LogP contribution < -0.4 is 0 Å². The van der Waals surface area contributed by atoms with Crippen LogP contribution in [-0.2, 0) is 4.74 Å². The summed E-state index contributed by atoms with van der Waals surface area (Å²) in [5.74, 6) is -1.36. The molecule has 0 saturated carbocycles. The number of hydrogen-bond donors (Lipinski definition) is 1. The summed E-state index contributed by atoms with van der Waals surface area (Å²) in [5.41, 5.74) is -0.224. The first kappa shape index (κ1) is 17.3. The number of hydrogen-bond acceptors (Lipinski definition) is 3. The van der Waals surface area contributed by atoms with Crippen molar-refractivity contribution in [1.29, 1.82) is 0 Å². The van der Waals surface area contributed by atoms with E-state index in [0.717, 1.165) is 18.9 Å². The van der Waals surface area contributed by atoms with Gasteiger partial charge in [0, 0.05) is 0 Å². The predicted octanol–water partition coefficient (Wildman–Crippen LogP) is 4.25. The standard InChI is InChI=1S/C15H18F3O3/c1-2-3-4-5-9-13(15(16,17)18)21-14(20)11-7-6-8-12(19)10-11/h6,8,10,13,19H,2-5,9H2,1H3/t13-/m1/s1. The van der Waals surface area contributed by atoms with E-state index in [4.69, 9.17) is 0 Å². The summed E-state index contributed by atoms with van der Waals surface area (Å²) in [7, 11) is 0. The highest BCUT2D eigenvalue weighted by Crippen LogP contribution is 2.28. The smallest absolute Gasteiger partial charge is 0.425 e. The third kappa shape index (κ3) is 6.06. The van der Waals surface area contributed by atoms with Gasteiger partial charge >= 0.3 is 12.1 Å². The first-order chi connectivity index (χ1) is 9.84. The van der Waals surface area contributed by atoms with Gasteiger partial charge in [-0.1, -0.05) is 26.2 Å². The molecule has 1 atom stereocenters. The van der Waals surface area contributed by atoms with Gasteiger partial charge in [0.15, 0.2) is 6.10 Å². The molecule has 0 bridgehead atoms. The number of halogens is 3. The van der Waals surface area contributed by atoms with E-state index >= 15 is 0 Å². The fourth-order valence-corrected chi connectivity index (χ4v) is 1.81. The molecule has 0 amide bonds. The number of esters is 1. The molecule has 117 valence electrons. The third-order valence-corrected chi connectivity index (χ3v) is 2.94. The number of carbonyl (C=O) groups excluding carboxylic acids is 1. The topological polar surface area (TPSA) is 46.5 Å². The van der Waals surface area contributed by atoms with E-state index in [0.29, 0.717) is 12.8 Å². The normalized spacial score (nSPS) is 13.0. The van der Waals surface area contributed by atoms with Crippen molar-refractivity contribution in [2.24, 2.45) is 0 Å². The van der Waals surface area contributed by atoms with Crippen LogP contribution in [0.3, 0.4) is 0 Å². The number of aromatic hydroxyl groups is 1. The summed E-state index contributed by atoms with van der Waals surface area (Å²) >= 11 is 0. The van der Waals surface area contributed by atoms with E-state index in [1.165, 1.54) is 12.1 Å². The van der Waals surface area contributed by atoms with Gasteiger partial charge < -0.3 is 9.84 Å². The number of carbonyl (C=O) groups is 1. The lowest BCUT2D eigenvalue weighted by molar-refractivity contribution is -0.206. The molecule has 0 fully saturated rings. The zero-order chi connectivity index (χ0) is 15.9. The fraction of sp³-hybridized carbons (Fsp3) is 0.533. The van der Waals surface area contributed by atoms with Crippen LogP contribution in [0.5, 0.6) is 5.75 Å². The summed E-state index contributed by atoms with van der Waals surface area (Å²) < 4.78 is 43.1. The number of phenolic OH excluding ortho intramolecular Hbond substituents is 1. The molecule has 6 heteroatoms. The quantitative estimate of drug-likeness (QED) is 0.605. The van der Waals surface area contributed by atoms with Crippen molar-refractivity contribution < 1.29 is 27.8 Å². The monoisotopic (exact) mass is 303 g/mol. The van der Waals surface area contributed by atoms with E-state index in [9.17, 15) is 23.1 Å². The Morgan fingerprint density at radius 3 is 2.67 bits per heavy atom. The molecule has 0 aromatic heterocycles. The number of ether oxygens (including phenoxy) is 1. The Morgan fingerprint density at radius 1 is 1.38 bits per heavy atom. The number of unbranched alkanes of at least 4 members (excludes halogenated alkanes) is 3. The molecule has 1 radical (unpaired) electrons. The van der Waals surface area contributed by atoms with Crippen LogP contribution in [0.1, 0.15) is 49.4 Å². The Labute approximate surface area is 121 Å². The van der Waals surface area contributed by atoms with E-state index in [1.54, 1.807) is 0 Å². The first-order valence-corrected chi connectivity index (χ1v) is 6.83. The molecule has 21 heavy (non-hydrogen) atoms. The summed E-state index contributed by atoms with van der Waals surface area (Å²) in [6.07, 6.45) is -4.22. The molecular formula is C15H18F3O3. The lowest BCUT2D eigenvalue weighted by Crippen LogP contribution is -2.33. The number of benzene rings is 1. The summed E-state index contributed by atoms with van der Waals surface area (Å²) in [6, 6.07) is 5.97. The predicted molar refractivity (Wildman–Crippen MR) is 71.0 cm³/mol. The van der Waals surface area contributed by atoms with Gasteiger partial charge in [0.05, 0.1) is 5.56 Å². The van der Waals surface area contributed by atoms with Crippen molar-refractivity contribution >= 4 is 5.97 Å². The SMILES string of the molecule is CCCCCC[C@@H](OC(=O)c1[c]ccc(O)c1)C(F)(F)F. The zero-order valence-corrected chi connectivity index (χ0v) is 11.7. The van der Waals surface area contributed by atoms with Gasteiger partial charge in [-0.3, -0.25) is 0 Å². The molecule has 0 aliphatic carbocycles. The maximum atomic E-state index is 12.8. The van der Waals surface area contributed by atoms with Gasteiger partial charge in [0.2, 0.25) is 0 Å². The Hall–Kier alpha value is -1.72. The van der Waals surface area contributed by atoms with Crippen molar-refractivity contribution in [3.05, 3.63) is 29.8 Å². The van der Waals surface area contributed by atoms with E-state index in [1.807, 2.05) is 6.92 Å². The maximum Gasteiger partial charge on any atom is 0.425 e. The van der Waals surface area contributed by atoms with Crippen LogP contribution in [0, 0.1) is 6.07 Å². The number of alkyl halides is 3. The lowest BCUT2D eigenvalue weighted by atomic mass is 10.1. The van der Waals surface area contributed by atoms with Crippen molar-refractivity contribution in [2.75, 3.05) is 0 Å². The minimum absolute atomic E-state index is 0.224. The van der Waals surface area contributed by atoms with E-state index < -0.39 is 18.2 Å². The summed E-state index contributed by atoms with van der Waals surface area (Å²) in [5, 5.41) is 9.21. The molecule has 0 unspecified atom stereocenters. The Kier molecular flexibility index (Phi) is 6.52. The van der Waals surface area contributed by atoms with Gasteiger partial charge in [-0.2, -0.15) is 13.2 Å². The van der Waals surface area contributed by atoms with Gasteiger partial charge in [-0.25, -0.2) is 4.79 Å². The average molecular weight is 303 g/mol. The lowest BCUT2D eigenvalue weighted by Gasteiger charge is -2.20. The molecule has 0 aliphatic rings. The largest absolute Gasteiger partial charge is 0.508 e.